The van der Waals surface area contributed by atoms with E-state index >= 15 is 0 Å². The summed E-state index contributed by atoms with van der Waals surface area (Å²) in [5, 5.41) is 0. The molecule has 2 N–H and O–H groups in total. The molecule has 0 amide bonds. The molecule has 2 aromatic rings. The maximum Gasteiger partial charge on any atom is 0.127 e. The SMILES string of the molecule is CCC#CCN1CC2CN(Cc3cccnc3N)CC2(CCc2ccccc2)C1. The molecule has 4 nitrogen and oxygen atoms in total. The van der Waals surface area contributed by atoms with Crippen molar-refractivity contribution in [2.75, 3.05) is 38.5 Å². The van der Waals surface area contributed by atoms with Gasteiger partial charge >= 0.3 is 0 Å². The summed E-state index contributed by atoms with van der Waals surface area (Å²) in [5.74, 6) is 7.96. The van der Waals surface area contributed by atoms with Gasteiger partial charge in [0.15, 0.2) is 0 Å². The summed E-state index contributed by atoms with van der Waals surface area (Å²) in [7, 11) is 0. The fourth-order valence-corrected chi connectivity index (χ4v) is 5.16. The first-order valence-electron chi connectivity index (χ1n) is 10.8. The third-order valence-corrected chi connectivity index (χ3v) is 6.58. The van der Waals surface area contributed by atoms with Crippen molar-refractivity contribution in [2.24, 2.45) is 11.3 Å². The predicted octanol–water partition coefficient (Wildman–Crippen LogP) is 3.44. The molecule has 2 unspecified atom stereocenters. The molecule has 0 spiro atoms. The van der Waals surface area contributed by atoms with Crippen molar-refractivity contribution >= 4 is 5.82 Å². The molecule has 1 aromatic heterocycles. The fraction of sp³-hybridized carbons (Fsp3) is 0.480. The van der Waals surface area contributed by atoms with E-state index in [9.17, 15) is 0 Å². The Morgan fingerprint density at radius 1 is 1.07 bits per heavy atom. The van der Waals surface area contributed by atoms with E-state index in [1.165, 1.54) is 12.0 Å². The van der Waals surface area contributed by atoms with Gasteiger partial charge in [0, 0.05) is 56.3 Å². The van der Waals surface area contributed by atoms with E-state index in [2.05, 4.69) is 69.9 Å². The van der Waals surface area contributed by atoms with Gasteiger partial charge in [-0.2, -0.15) is 0 Å². The molecule has 3 heterocycles. The highest BCUT2D eigenvalue weighted by molar-refractivity contribution is 5.38. The maximum absolute atomic E-state index is 6.11. The van der Waals surface area contributed by atoms with E-state index in [0.29, 0.717) is 17.2 Å². The monoisotopic (exact) mass is 388 g/mol. The minimum atomic E-state index is 0.348. The second-order valence-electron chi connectivity index (χ2n) is 8.64. The number of fused-ring (bicyclic) bond motifs is 1. The lowest BCUT2D eigenvalue weighted by Crippen LogP contribution is -2.35. The molecule has 0 bridgehead atoms. The Morgan fingerprint density at radius 3 is 2.66 bits per heavy atom. The van der Waals surface area contributed by atoms with E-state index in [-0.39, 0.29) is 0 Å². The van der Waals surface area contributed by atoms with Crippen LogP contribution in [0, 0.1) is 23.2 Å². The van der Waals surface area contributed by atoms with Crippen LogP contribution in [0.3, 0.4) is 0 Å². The lowest BCUT2D eigenvalue weighted by molar-refractivity contribution is 0.206. The predicted molar refractivity (Wildman–Crippen MR) is 119 cm³/mol. The van der Waals surface area contributed by atoms with Crippen LogP contribution in [0.15, 0.2) is 48.7 Å². The van der Waals surface area contributed by atoms with Gasteiger partial charge < -0.3 is 5.73 Å². The highest BCUT2D eigenvalue weighted by Gasteiger charge is 2.51. The van der Waals surface area contributed by atoms with E-state index < -0.39 is 0 Å². The summed E-state index contributed by atoms with van der Waals surface area (Å²) in [5.41, 5.74) is 9.05. The third-order valence-electron chi connectivity index (χ3n) is 6.58. The Bertz CT molecular complexity index is 869. The first-order valence-corrected chi connectivity index (χ1v) is 10.8. The van der Waals surface area contributed by atoms with Gasteiger partial charge in [-0.25, -0.2) is 4.98 Å². The fourth-order valence-electron chi connectivity index (χ4n) is 5.16. The second kappa shape index (κ2) is 8.98. The first kappa shape index (κ1) is 19.9. The number of likely N-dealkylation sites (tertiary alicyclic amines) is 2. The Balaban J connectivity index is 1.47. The van der Waals surface area contributed by atoms with Crippen molar-refractivity contribution < 1.29 is 0 Å². The molecule has 2 aliphatic rings. The first-order chi connectivity index (χ1) is 14.2. The molecule has 2 fully saturated rings. The highest BCUT2D eigenvalue weighted by atomic mass is 15.2. The molecule has 1 aromatic carbocycles. The van der Waals surface area contributed by atoms with Crippen LogP contribution in [0.5, 0.6) is 0 Å². The van der Waals surface area contributed by atoms with E-state index in [1.807, 2.05) is 6.07 Å². The van der Waals surface area contributed by atoms with Crippen LogP contribution in [0.4, 0.5) is 5.82 Å². The topological polar surface area (TPSA) is 45.4 Å². The molecule has 2 atom stereocenters. The standard InChI is InChI=1S/C25H32N4/c1-2-3-7-15-28-17-23-18-29(16-22-11-8-14-27-24(22)26)20-25(23,19-28)13-12-21-9-5-4-6-10-21/h4-6,8-11,14,23H,2,12-13,15-20H2,1H3,(H2,26,27). The number of hydrogen-bond acceptors (Lipinski definition) is 4. The minimum Gasteiger partial charge on any atom is -0.383 e. The zero-order chi connectivity index (χ0) is 20.1. The van der Waals surface area contributed by atoms with E-state index in [4.69, 9.17) is 5.73 Å². The van der Waals surface area contributed by atoms with Crippen molar-refractivity contribution in [3.05, 3.63) is 59.8 Å². The van der Waals surface area contributed by atoms with Gasteiger partial charge in [-0.1, -0.05) is 49.2 Å². The molecule has 0 radical (unpaired) electrons. The normalized spacial score (nSPS) is 24.2. The average molecular weight is 389 g/mol. The summed E-state index contributed by atoms with van der Waals surface area (Å²) in [6, 6.07) is 15.0. The Hall–Kier alpha value is -2.35. The number of hydrogen-bond donors (Lipinski definition) is 1. The molecule has 2 aliphatic heterocycles. The van der Waals surface area contributed by atoms with Crippen LogP contribution < -0.4 is 5.73 Å². The summed E-state index contributed by atoms with van der Waals surface area (Å²) in [6.45, 7) is 8.52. The van der Waals surface area contributed by atoms with Gasteiger partial charge in [0.1, 0.15) is 5.82 Å². The molecule has 4 rings (SSSR count). The molecular weight excluding hydrogens is 356 g/mol. The molecular formula is C25H32N4. The van der Waals surface area contributed by atoms with Gasteiger partial charge in [0.25, 0.3) is 0 Å². The number of pyridine rings is 1. The number of anilines is 1. The lowest BCUT2D eigenvalue weighted by atomic mass is 9.76. The second-order valence-corrected chi connectivity index (χ2v) is 8.64. The summed E-state index contributed by atoms with van der Waals surface area (Å²) in [4.78, 5) is 9.44. The zero-order valence-electron chi connectivity index (χ0n) is 17.5. The zero-order valence-corrected chi connectivity index (χ0v) is 17.5. The minimum absolute atomic E-state index is 0.348. The van der Waals surface area contributed by atoms with Crippen molar-refractivity contribution in [1.29, 1.82) is 0 Å². The number of nitrogens with zero attached hydrogens (tertiary/aromatic N) is 3. The Kier molecular flexibility index (Phi) is 6.18. The Labute approximate surface area is 175 Å². The average Bonchev–Trinajstić information content (AvgIpc) is 3.22. The van der Waals surface area contributed by atoms with E-state index in [0.717, 1.165) is 57.7 Å². The number of benzene rings is 1. The summed E-state index contributed by atoms with van der Waals surface area (Å²) in [6.07, 6.45) is 5.10. The van der Waals surface area contributed by atoms with Crippen LogP contribution in [-0.2, 0) is 13.0 Å². The summed E-state index contributed by atoms with van der Waals surface area (Å²) >= 11 is 0. The van der Waals surface area contributed by atoms with Crippen LogP contribution in [0.25, 0.3) is 0 Å². The maximum atomic E-state index is 6.11. The number of rotatable bonds is 6. The van der Waals surface area contributed by atoms with Gasteiger partial charge in [-0.05, 0) is 30.4 Å². The van der Waals surface area contributed by atoms with Crippen molar-refractivity contribution in [2.45, 2.75) is 32.7 Å². The van der Waals surface area contributed by atoms with Gasteiger partial charge in [-0.15, -0.1) is 5.92 Å². The quantitative estimate of drug-likeness (QED) is 0.770. The summed E-state index contributed by atoms with van der Waals surface area (Å²) < 4.78 is 0. The number of aromatic nitrogens is 1. The van der Waals surface area contributed by atoms with Gasteiger partial charge in [-0.3, -0.25) is 9.80 Å². The van der Waals surface area contributed by atoms with Gasteiger partial charge in [0.2, 0.25) is 0 Å². The van der Waals surface area contributed by atoms with Crippen molar-refractivity contribution in [1.82, 2.24) is 14.8 Å². The van der Waals surface area contributed by atoms with Crippen LogP contribution in [0.1, 0.15) is 30.9 Å². The Morgan fingerprint density at radius 2 is 1.86 bits per heavy atom. The van der Waals surface area contributed by atoms with Crippen LogP contribution >= 0.6 is 0 Å². The lowest BCUT2D eigenvalue weighted by Gasteiger charge is -2.29. The molecule has 152 valence electrons. The van der Waals surface area contributed by atoms with Gasteiger partial charge in [0.05, 0.1) is 6.54 Å². The number of nitrogen functional groups attached to an aromatic ring is 1. The van der Waals surface area contributed by atoms with Crippen LogP contribution in [0.2, 0.25) is 0 Å². The molecule has 0 aliphatic carbocycles. The molecule has 29 heavy (non-hydrogen) atoms. The van der Waals surface area contributed by atoms with E-state index in [1.54, 1.807) is 6.20 Å². The van der Waals surface area contributed by atoms with Crippen LogP contribution in [-0.4, -0.2) is 47.5 Å². The molecule has 2 saturated heterocycles. The number of nitrogens with two attached hydrogens (primary N) is 1. The number of aryl methyl sites for hydroxylation is 1. The largest absolute Gasteiger partial charge is 0.383 e. The van der Waals surface area contributed by atoms with Crippen molar-refractivity contribution in [3.8, 4) is 11.8 Å². The highest BCUT2D eigenvalue weighted by Crippen LogP contribution is 2.46. The molecule has 4 heteroatoms. The molecule has 0 saturated carbocycles. The van der Waals surface area contributed by atoms with Crippen molar-refractivity contribution in [3.63, 3.8) is 0 Å². The third kappa shape index (κ3) is 4.63. The smallest absolute Gasteiger partial charge is 0.127 e.